The van der Waals surface area contributed by atoms with E-state index in [0.717, 1.165) is 12.8 Å². The molecule has 0 aliphatic rings. The Bertz CT molecular complexity index is 897. The zero-order valence-electron chi connectivity index (χ0n) is 15.9. The van der Waals surface area contributed by atoms with Crippen LogP contribution < -0.4 is 0 Å². The average molecular weight is 639 g/mol. The second-order valence-electron chi connectivity index (χ2n) is 6.44. The Morgan fingerprint density at radius 3 is 1.81 bits per heavy atom. The molecule has 32 heavy (non-hydrogen) atoms. The molecular formula is C17H14Cl9N3O2Si. The molecule has 0 atom stereocenters. The number of nitrogens with zero attached hydrogens (tertiary/aromatic N) is 3. The summed E-state index contributed by atoms with van der Waals surface area (Å²) in [6, 6.07) is 4.22. The largest absolute Gasteiger partial charge is 0.462 e. The van der Waals surface area contributed by atoms with E-state index in [1.807, 2.05) is 0 Å². The maximum atomic E-state index is 12.2. The molecule has 0 amide bonds. The fraction of sp³-hybridized carbons (Fsp3) is 0.412. The molecule has 1 heterocycles. The molecule has 2 aromatic rings. The molecule has 0 aliphatic heterocycles. The summed E-state index contributed by atoms with van der Waals surface area (Å²) in [5.74, 6) is -0.809. The maximum absolute atomic E-state index is 12.2. The van der Waals surface area contributed by atoms with E-state index in [-0.39, 0.29) is 24.1 Å². The van der Waals surface area contributed by atoms with Gasteiger partial charge >= 0.3 is 12.0 Å². The third-order valence-electron chi connectivity index (χ3n) is 3.86. The number of hydrogen-bond donors (Lipinski definition) is 0. The minimum absolute atomic E-state index is 0.0973. The van der Waals surface area contributed by atoms with Crippen molar-refractivity contribution < 1.29 is 9.53 Å². The van der Waals surface area contributed by atoms with Crippen molar-refractivity contribution in [2.45, 2.75) is 32.9 Å². The van der Waals surface area contributed by atoms with Crippen molar-refractivity contribution in [1.82, 2.24) is 15.0 Å². The number of carbonyl (C=O) groups is 1. The molecule has 0 bridgehead atoms. The highest BCUT2D eigenvalue weighted by Gasteiger charge is 2.34. The van der Waals surface area contributed by atoms with Gasteiger partial charge in [0.1, 0.15) is 0 Å². The molecule has 2 rings (SSSR count). The molecule has 0 N–H and O–H groups in total. The van der Waals surface area contributed by atoms with Crippen LogP contribution in [0.4, 0.5) is 0 Å². The lowest BCUT2D eigenvalue weighted by molar-refractivity contribution is 0.0498. The van der Waals surface area contributed by atoms with Gasteiger partial charge in [-0.3, -0.25) is 0 Å². The number of alkyl halides is 6. The van der Waals surface area contributed by atoms with Crippen LogP contribution >= 0.6 is 103 Å². The van der Waals surface area contributed by atoms with Crippen molar-refractivity contribution in [2.75, 3.05) is 6.61 Å². The quantitative estimate of drug-likeness (QED) is 0.0959. The fourth-order valence-corrected chi connectivity index (χ4v) is 4.73. The number of halogens is 9. The SMILES string of the molecule is O=C(OCCCCC[Si](Cl)(Cl)Cl)c1ccc(-c2nc(C(Cl)(Cl)Cl)nc(C(Cl)(Cl)Cl)n2)cc1. The van der Waals surface area contributed by atoms with Crippen molar-refractivity contribution in [3.05, 3.63) is 41.5 Å². The van der Waals surface area contributed by atoms with Crippen molar-refractivity contribution in [1.29, 1.82) is 0 Å². The van der Waals surface area contributed by atoms with Crippen LogP contribution in [-0.4, -0.2) is 33.5 Å². The normalized spacial score (nSPS) is 12.7. The second-order valence-corrected chi connectivity index (χ2v) is 20.3. The summed E-state index contributed by atoms with van der Waals surface area (Å²) in [6.45, 7) is 0.259. The highest BCUT2D eigenvalue weighted by Crippen LogP contribution is 2.40. The number of ether oxygens (including phenoxy) is 1. The number of unbranched alkanes of at least 4 members (excludes halogenated alkanes) is 2. The first-order chi connectivity index (χ1) is 14.7. The molecular weight excluding hydrogens is 625 g/mol. The molecule has 0 unspecified atom stereocenters. The summed E-state index contributed by atoms with van der Waals surface area (Å²) in [5, 5.41) is 0. The summed E-state index contributed by atoms with van der Waals surface area (Å²) >= 11 is 52.8. The van der Waals surface area contributed by atoms with Crippen molar-refractivity contribution in [2.24, 2.45) is 0 Å². The van der Waals surface area contributed by atoms with Gasteiger partial charge in [-0.15, -0.1) is 33.2 Å². The van der Waals surface area contributed by atoms with Gasteiger partial charge in [0.15, 0.2) is 17.5 Å². The van der Waals surface area contributed by atoms with Crippen molar-refractivity contribution in [3.63, 3.8) is 0 Å². The Morgan fingerprint density at radius 1 is 0.812 bits per heavy atom. The van der Waals surface area contributed by atoms with E-state index < -0.39 is 19.6 Å². The molecule has 15 heteroatoms. The number of rotatable bonds is 8. The lowest BCUT2D eigenvalue weighted by Crippen LogP contribution is -2.16. The van der Waals surface area contributed by atoms with E-state index in [1.165, 1.54) is 0 Å². The van der Waals surface area contributed by atoms with E-state index in [4.69, 9.17) is 108 Å². The van der Waals surface area contributed by atoms with Gasteiger partial charge in [0, 0.05) is 5.56 Å². The minimum atomic E-state index is -2.60. The van der Waals surface area contributed by atoms with Crippen LogP contribution in [0, 0.1) is 0 Å². The van der Waals surface area contributed by atoms with Gasteiger partial charge in [0.25, 0.3) is 0 Å². The molecule has 176 valence electrons. The van der Waals surface area contributed by atoms with Crippen LogP contribution in [0.3, 0.4) is 0 Å². The maximum Gasteiger partial charge on any atom is 0.341 e. The molecule has 1 aromatic carbocycles. The van der Waals surface area contributed by atoms with Crippen LogP contribution in [0.25, 0.3) is 11.4 Å². The van der Waals surface area contributed by atoms with Gasteiger partial charge in [0.05, 0.1) is 12.2 Å². The third-order valence-corrected chi connectivity index (χ3v) is 7.49. The van der Waals surface area contributed by atoms with Crippen LogP contribution in [0.5, 0.6) is 0 Å². The van der Waals surface area contributed by atoms with Gasteiger partial charge in [-0.25, -0.2) is 19.7 Å². The van der Waals surface area contributed by atoms with Gasteiger partial charge in [0.2, 0.25) is 7.59 Å². The first kappa shape index (κ1) is 28.8. The number of hydrogen-bond acceptors (Lipinski definition) is 5. The first-order valence-corrected chi connectivity index (χ1v) is 16.4. The van der Waals surface area contributed by atoms with E-state index in [9.17, 15) is 4.79 Å². The average Bonchev–Trinajstić information content (AvgIpc) is 2.68. The predicted molar refractivity (Wildman–Crippen MR) is 136 cm³/mol. The van der Waals surface area contributed by atoms with Crippen molar-refractivity contribution in [3.8, 4) is 11.4 Å². The zero-order valence-corrected chi connectivity index (χ0v) is 23.7. The van der Waals surface area contributed by atoms with Crippen LogP contribution in [0.1, 0.15) is 41.3 Å². The third kappa shape index (κ3) is 9.65. The molecule has 0 spiro atoms. The number of esters is 1. The van der Waals surface area contributed by atoms with Gasteiger partial charge in [-0.05, 0) is 24.6 Å². The Hall–Kier alpha value is 0.527. The van der Waals surface area contributed by atoms with E-state index in [1.54, 1.807) is 24.3 Å². The van der Waals surface area contributed by atoms with E-state index >= 15 is 0 Å². The monoisotopic (exact) mass is 635 g/mol. The fourth-order valence-electron chi connectivity index (χ4n) is 2.37. The number of benzene rings is 1. The first-order valence-electron chi connectivity index (χ1n) is 8.91. The van der Waals surface area contributed by atoms with Crippen LogP contribution in [-0.2, 0) is 12.3 Å². The lowest BCUT2D eigenvalue weighted by Gasteiger charge is -2.15. The lowest BCUT2D eigenvalue weighted by atomic mass is 10.1. The minimum Gasteiger partial charge on any atom is -0.462 e. The Balaban J connectivity index is 2.06. The molecule has 0 radical (unpaired) electrons. The number of aromatic nitrogens is 3. The predicted octanol–water partition coefficient (Wildman–Crippen LogP) is 8.17. The van der Waals surface area contributed by atoms with Crippen LogP contribution in [0.2, 0.25) is 6.04 Å². The van der Waals surface area contributed by atoms with Crippen LogP contribution in [0.15, 0.2) is 24.3 Å². The summed E-state index contributed by atoms with van der Waals surface area (Å²) < 4.78 is 1.33. The van der Waals surface area contributed by atoms with E-state index in [0.29, 0.717) is 23.6 Å². The van der Waals surface area contributed by atoms with Gasteiger partial charge in [-0.2, -0.15) is 0 Å². The highest BCUT2D eigenvalue weighted by molar-refractivity contribution is 7.64. The molecule has 1 aromatic heterocycles. The summed E-state index contributed by atoms with van der Waals surface area (Å²) in [5.41, 5.74) is 0.811. The second kappa shape index (κ2) is 12.0. The molecule has 0 saturated heterocycles. The summed E-state index contributed by atoms with van der Waals surface area (Å²) in [4.78, 5) is 24.4. The summed E-state index contributed by atoms with van der Waals surface area (Å²) in [7, 11) is 0. The Labute approximate surface area is 230 Å². The Kier molecular flexibility index (Phi) is 10.8. The zero-order chi connectivity index (χ0) is 24.2. The summed E-state index contributed by atoms with van der Waals surface area (Å²) in [6.07, 6.45) is 2.24. The highest BCUT2D eigenvalue weighted by atomic mass is 35.8. The van der Waals surface area contributed by atoms with Crippen molar-refractivity contribution >= 4 is 115 Å². The molecule has 0 aliphatic carbocycles. The Morgan fingerprint density at radius 2 is 1.34 bits per heavy atom. The smallest absolute Gasteiger partial charge is 0.341 e. The van der Waals surface area contributed by atoms with E-state index in [2.05, 4.69) is 15.0 Å². The van der Waals surface area contributed by atoms with Gasteiger partial charge < -0.3 is 4.74 Å². The molecule has 0 saturated carbocycles. The standard InChI is InChI=1S/C17H14Cl9N3O2Si/c18-16(19,20)14-27-12(28-15(29-14)17(21,22)23)10-4-6-11(7-5-10)13(30)31-8-2-1-3-9-32(24,25)26/h4-7H,1-3,8-9H2. The van der Waals surface area contributed by atoms with Gasteiger partial charge in [-0.1, -0.05) is 94.6 Å². The topological polar surface area (TPSA) is 65.0 Å². The molecule has 0 fully saturated rings. The number of carbonyl (C=O) groups excluding carboxylic acids is 1. The molecule has 5 nitrogen and oxygen atoms in total.